The highest BCUT2D eigenvalue weighted by atomic mass is 128. The average Bonchev–Trinajstić information content (AvgIpc) is 2.79. The van der Waals surface area contributed by atoms with Gasteiger partial charge in [-0.1, -0.05) is 6.08 Å². The van der Waals surface area contributed by atoms with E-state index in [0.717, 1.165) is 0 Å². The fourth-order valence-electron chi connectivity index (χ4n) is 1.64. The molecule has 20 heavy (non-hydrogen) atoms. The minimum Gasteiger partial charge on any atom is -0.377 e. The van der Waals surface area contributed by atoms with E-state index in [9.17, 15) is 0 Å². The maximum Gasteiger partial charge on any atom is 0.163 e. The van der Waals surface area contributed by atoms with E-state index < -0.39 is 5.79 Å². The number of halogens is 2. The third-order valence-corrected chi connectivity index (χ3v) is 2.55. The molecule has 2 unspecified atom stereocenters. The van der Waals surface area contributed by atoms with Gasteiger partial charge in [-0.05, 0) is 13.8 Å². The summed E-state index contributed by atoms with van der Waals surface area (Å²) in [7, 11) is 1.64. The van der Waals surface area contributed by atoms with Crippen LogP contribution in [0, 0.1) is 0 Å². The van der Waals surface area contributed by atoms with Crippen LogP contribution in [0.3, 0.4) is 0 Å². The Morgan fingerprint density at radius 1 is 1.35 bits per heavy atom. The fraction of sp³-hybridized carbons (Fsp3) is 0.846. The molecule has 5 nitrogen and oxygen atoms in total. The lowest BCUT2D eigenvalue weighted by atomic mass is 10.4. The van der Waals surface area contributed by atoms with Crippen molar-refractivity contribution in [2.75, 3.05) is 40.1 Å². The summed E-state index contributed by atoms with van der Waals surface area (Å²) in [6.45, 7) is 9.95. The van der Waals surface area contributed by atoms with Crippen molar-refractivity contribution in [3.63, 3.8) is 0 Å². The maximum atomic E-state index is 5.63. The smallest absolute Gasteiger partial charge is 0.163 e. The van der Waals surface area contributed by atoms with Gasteiger partial charge < -0.3 is 23.7 Å². The normalized spacial score (nSPS) is 21.9. The van der Waals surface area contributed by atoms with Crippen LogP contribution < -0.4 is 0 Å². The Morgan fingerprint density at radius 3 is 2.50 bits per heavy atom. The van der Waals surface area contributed by atoms with Gasteiger partial charge in [0.15, 0.2) is 5.79 Å². The van der Waals surface area contributed by atoms with E-state index in [1.807, 2.05) is 13.8 Å². The molecule has 7 heteroatoms. The molecule has 1 aliphatic rings. The van der Waals surface area contributed by atoms with Crippen LogP contribution in [0.15, 0.2) is 12.7 Å². The predicted molar refractivity (Wildman–Crippen MR) is 95.6 cm³/mol. The quantitative estimate of drug-likeness (QED) is 0.269. The standard InChI is InChI=1S/C13H24O5.I2/c1-5-6-15-7-11(14-4)8-16-9-12-10-17-13(2,3)18-12;1-2/h5,11-12H,1,6-10H2,2-4H3;. The molecule has 1 rings (SSSR count). The molecule has 0 aromatic carbocycles. The van der Waals surface area contributed by atoms with Crippen molar-refractivity contribution in [2.45, 2.75) is 31.8 Å². The van der Waals surface area contributed by atoms with Gasteiger partial charge in [0.05, 0.1) is 33.0 Å². The van der Waals surface area contributed by atoms with Crippen LogP contribution in [0.25, 0.3) is 0 Å². The lowest BCUT2D eigenvalue weighted by Crippen LogP contribution is -2.28. The van der Waals surface area contributed by atoms with Gasteiger partial charge in [-0.15, -0.1) is 6.58 Å². The molecule has 0 spiro atoms. The van der Waals surface area contributed by atoms with Crippen molar-refractivity contribution in [2.24, 2.45) is 0 Å². The molecule has 1 fully saturated rings. The topological polar surface area (TPSA) is 46.2 Å². The van der Waals surface area contributed by atoms with E-state index in [0.29, 0.717) is 33.0 Å². The summed E-state index contributed by atoms with van der Waals surface area (Å²) in [5.74, 6) is -0.498. The number of ether oxygens (including phenoxy) is 5. The Labute approximate surface area is 145 Å². The number of methoxy groups -OCH3 is 1. The van der Waals surface area contributed by atoms with Gasteiger partial charge in [0, 0.05) is 44.3 Å². The maximum absolute atomic E-state index is 5.63. The van der Waals surface area contributed by atoms with Crippen molar-refractivity contribution in [1.29, 1.82) is 0 Å². The van der Waals surface area contributed by atoms with E-state index in [-0.39, 0.29) is 12.2 Å². The predicted octanol–water partition coefficient (Wildman–Crippen LogP) is 3.14. The summed E-state index contributed by atoms with van der Waals surface area (Å²) in [6.07, 6.45) is 1.63. The number of hydrogen-bond acceptors (Lipinski definition) is 5. The molecule has 0 aromatic heterocycles. The van der Waals surface area contributed by atoms with Gasteiger partial charge in [-0.3, -0.25) is 0 Å². The van der Waals surface area contributed by atoms with E-state index in [1.165, 1.54) is 0 Å². The second-order valence-corrected chi connectivity index (χ2v) is 4.67. The minimum atomic E-state index is -0.498. The Morgan fingerprint density at radius 2 is 2.00 bits per heavy atom. The molecule has 0 N–H and O–H groups in total. The van der Waals surface area contributed by atoms with Crippen molar-refractivity contribution >= 4 is 37.2 Å². The molecule has 1 aliphatic heterocycles. The molecule has 0 saturated carbocycles. The summed E-state index contributed by atoms with van der Waals surface area (Å²) in [4.78, 5) is 0. The van der Waals surface area contributed by atoms with Crippen molar-refractivity contribution in [3.8, 4) is 0 Å². The first-order chi connectivity index (χ1) is 9.57. The zero-order valence-corrected chi connectivity index (χ0v) is 16.6. The van der Waals surface area contributed by atoms with Gasteiger partial charge in [0.1, 0.15) is 12.2 Å². The summed E-state index contributed by atoms with van der Waals surface area (Å²) < 4.78 is 27.2. The number of hydrogen-bond donors (Lipinski definition) is 0. The van der Waals surface area contributed by atoms with Crippen LogP contribution in [0.2, 0.25) is 0 Å². The molecule has 1 saturated heterocycles. The van der Waals surface area contributed by atoms with Gasteiger partial charge in [0.25, 0.3) is 0 Å². The van der Waals surface area contributed by atoms with Gasteiger partial charge >= 0.3 is 0 Å². The van der Waals surface area contributed by atoms with Crippen LogP contribution >= 0.6 is 37.2 Å². The van der Waals surface area contributed by atoms with Crippen LogP contribution in [-0.4, -0.2) is 58.1 Å². The first-order valence-corrected chi connectivity index (χ1v) is 12.6. The van der Waals surface area contributed by atoms with Crippen LogP contribution in [0.5, 0.6) is 0 Å². The van der Waals surface area contributed by atoms with Gasteiger partial charge in [-0.25, -0.2) is 0 Å². The van der Waals surface area contributed by atoms with Crippen LogP contribution in [0.1, 0.15) is 13.8 Å². The van der Waals surface area contributed by atoms with Crippen molar-refractivity contribution < 1.29 is 23.7 Å². The lowest BCUT2D eigenvalue weighted by Gasteiger charge is -2.18. The minimum absolute atomic E-state index is 0.00778. The largest absolute Gasteiger partial charge is 0.377 e. The highest BCUT2D eigenvalue weighted by molar-refractivity contribution is 15.0. The summed E-state index contributed by atoms with van der Waals surface area (Å²) in [6, 6.07) is 0. The molecule has 0 aliphatic carbocycles. The molecule has 0 radical (unpaired) electrons. The second-order valence-electron chi connectivity index (χ2n) is 4.67. The van der Waals surface area contributed by atoms with E-state index in [1.54, 1.807) is 13.2 Å². The molecule has 0 bridgehead atoms. The van der Waals surface area contributed by atoms with E-state index >= 15 is 0 Å². The Bertz CT molecular complexity index is 251. The van der Waals surface area contributed by atoms with Gasteiger partial charge in [0.2, 0.25) is 0 Å². The monoisotopic (exact) mass is 514 g/mol. The highest BCUT2D eigenvalue weighted by Gasteiger charge is 2.32. The average molecular weight is 514 g/mol. The van der Waals surface area contributed by atoms with E-state index in [4.69, 9.17) is 23.7 Å². The first-order valence-electron chi connectivity index (χ1n) is 6.32. The molecule has 1 heterocycles. The lowest BCUT2D eigenvalue weighted by molar-refractivity contribution is -0.147. The Balaban J connectivity index is 0.00000172. The first kappa shape index (κ1) is 21.0. The Hall–Kier alpha value is 1.00. The SMILES string of the molecule is C=CCOCC(COCC1COC(C)(C)O1)OC.II. The van der Waals surface area contributed by atoms with E-state index in [2.05, 4.69) is 43.8 Å². The molecule has 0 aromatic rings. The molecule has 120 valence electrons. The number of rotatable bonds is 9. The zero-order valence-electron chi connectivity index (χ0n) is 12.3. The summed E-state index contributed by atoms with van der Waals surface area (Å²) in [5, 5.41) is 0. The fourth-order valence-corrected chi connectivity index (χ4v) is 1.64. The van der Waals surface area contributed by atoms with Crippen LogP contribution in [-0.2, 0) is 23.7 Å². The van der Waals surface area contributed by atoms with Crippen LogP contribution in [0.4, 0.5) is 0 Å². The molecule has 0 amide bonds. The Kier molecular flexibility index (Phi) is 13.2. The molecular weight excluding hydrogens is 490 g/mol. The van der Waals surface area contributed by atoms with Gasteiger partial charge in [-0.2, -0.15) is 0 Å². The van der Waals surface area contributed by atoms with Crippen molar-refractivity contribution in [1.82, 2.24) is 0 Å². The third kappa shape index (κ3) is 9.85. The van der Waals surface area contributed by atoms with Crippen molar-refractivity contribution in [3.05, 3.63) is 12.7 Å². The third-order valence-electron chi connectivity index (χ3n) is 2.55. The summed E-state index contributed by atoms with van der Waals surface area (Å²) >= 11 is 4.24. The highest BCUT2D eigenvalue weighted by Crippen LogP contribution is 2.22. The summed E-state index contributed by atoms with van der Waals surface area (Å²) in [5.41, 5.74) is 0. The molecule has 2 atom stereocenters. The molecular formula is C13H24I2O5. The zero-order chi connectivity index (χ0) is 15.4. The second kappa shape index (κ2) is 12.5.